The van der Waals surface area contributed by atoms with Gasteiger partial charge in [-0.2, -0.15) is 4.31 Å². The van der Waals surface area contributed by atoms with Crippen molar-refractivity contribution in [1.82, 2.24) is 9.21 Å². The zero-order valence-corrected chi connectivity index (χ0v) is 16.4. The van der Waals surface area contributed by atoms with Crippen molar-refractivity contribution >= 4 is 15.8 Å². The fourth-order valence-corrected chi connectivity index (χ4v) is 5.47. The number of carbonyl (C=O) groups is 1. The van der Waals surface area contributed by atoms with E-state index in [1.165, 1.54) is 13.0 Å². The summed E-state index contributed by atoms with van der Waals surface area (Å²) in [5.74, 6) is -0.125. The second-order valence-corrected chi connectivity index (χ2v) is 9.13. The van der Waals surface area contributed by atoms with Crippen LogP contribution >= 0.6 is 0 Å². The predicted octanol–water partition coefficient (Wildman–Crippen LogP) is 2.15. The van der Waals surface area contributed by atoms with E-state index in [0.29, 0.717) is 30.8 Å². The van der Waals surface area contributed by atoms with Crippen LogP contribution in [0.5, 0.6) is 0 Å². The van der Waals surface area contributed by atoms with Crippen molar-refractivity contribution in [3.63, 3.8) is 0 Å². The van der Waals surface area contributed by atoms with Crippen molar-refractivity contribution in [1.29, 1.82) is 0 Å². The van der Waals surface area contributed by atoms with Crippen molar-refractivity contribution < 1.29 is 17.9 Å². The molecule has 0 aromatic heterocycles. The van der Waals surface area contributed by atoms with Crippen LogP contribution < -0.4 is 0 Å². The average molecular weight is 381 g/mol. The number of nitrogens with zero attached hydrogens (tertiary/aromatic N) is 2. The molecule has 6 nitrogen and oxygen atoms in total. The first kappa shape index (κ1) is 19.5. The largest absolute Gasteiger partial charge is 0.381 e. The van der Waals surface area contributed by atoms with E-state index in [4.69, 9.17) is 4.74 Å². The molecule has 0 spiro atoms. The smallest absolute Gasteiger partial charge is 0.243 e. The molecule has 26 heavy (non-hydrogen) atoms. The molecule has 0 amide bonds. The molecule has 7 heteroatoms. The zero-order chi connectivity index (χ0) is 18.7. The molecular weight excluding hydrogens is 352 g/mol. The Morgan fingerprint density at radius 2 is 1.73 bits per heavy atom. The Morgan fingerprint density at radius 1 is 1.08 bits per heavy atom. The quantitative estimate of drug-likeness (QED) is 0.733. The fourth-order valence-electron chi connectivity index (χ4n) is 3.95. The summed E-state index contributed by atoms with van der Waals surface area (Å²) in [5.41, 5.74) is 0.432. The first-order valence-corrected chi connectivity index (χ1v) is 10.7. The molecule has 0 saturated carbocycles. The molecule has 2 aliphatic heterocycles. The standard InChI is InChI=1S/C19H28N2O4S/c1-15(22)16-4-3-5-19(14-16)26(23,24)21-12-6-17(7-13-21)20-10-8-18(25-2)9-11-20/h3-5,14,17-18H,6-13H2,1-2H3. The minimum atomic E-state index is -3.54. The molecule has 2 heterocycles. The number of benzene rings is 1. The Kier molecular flexibility index (Phi) is 6.12. The Labute approximate surface area is 156 Å². The second-order valence-electron chi connectivity index (χ2n) is 7.19. The summed E-state index contributed by atoms with van der Waals surface area (Å²) in [6.07, 6.45) is 4.16. The highest BCUT2D eigenvalue weighted by Crippen LogP contribution is 2.26. The van der Waals surface area contributed by atoms with Crippen LogP contribution in [0.4, 0.5) is 0 Å². The molecule has 0 N–H and O–H groups in total. The molecule has 1 aromatic rings. The van der Waals surface area contributed by atoms with Crippen molar-refractivity contribution in [3.05, 3.63) is 29.8 Å². The van der Waals surface area contributed by atoms with E-state index < -0.39 is 10.0 Å². The molecule has 2 fully saturated rings. The number of methoxy groups -OCH3 is 1. The number of ketones is 1. The van der Waals surface area contributed by atoms with Gasteiger partial charge in [0.2, 0.25) is 10.0 Å². The molecule has 1 aromatic carbocycles. The van der Waals surface area contributed by atoms with Gasteiger partial charge in [-0.05, 0) is 44.7 Å². The summed E-state index contributed by atoms with van der Waals surface area (Å²) in [7, 11) is -1.77. The first-order chi connectivity index (χ1) is 12.4. The van der Waals surface area contributed by atoms with E-state index in [1.807, 2.05) is 0 Å². The van der Waals surface area contributed by atoms with E-state index in [9.17, 15) is 13.2 Å². The lowest BCUT2D eigenvalue weighted by molar-refractivity contribution is 0.0190. The van der Waals surface area contributed by atoms with Gasteiger partial charge in [0.05, 0.1) is 11.0 Å². The topological polar surface area (TPSA) is 66.9 Å². The van der Waals surface area contributed by atoms with Gasteiger partial charge in [0.1, 0.15) is 0 Å². The van der Waals surface area contributed by atoms with Crippen molar-refractivity contribution in [2.24, 2.45) is 0 Å². The Morgan fingerprint density at radius 3 is 2.31 bits per heavy atom. The zero-order valence-electron chi connectivity index (χ0n) is 15.6. The molecule has 0 unspecified atom stereocenters. The second kappa shape index (κ2) is 8.17. The van der Waals surface area contributed by atoms with Crippen LogP contribution in [-0.4, -0.2) is 68.8 Å². The number of hydrogen-bond donors (Lipinski definition) is 0. The van der Waals surface area contributed by atoms with Gasteiger partial charge in [-0.3, -0.25) is 4.79 Å². The Bertz CT molecular complexity index is 734. The first-order valence-electron chi connectivity index (χ1n) is 9.30. The molecule has 0 atom stereocenters. The summed E-state index contributed by atoms with van der Waals surface area (Å²) in [5, 5.41) is 0. The van der Waals surface area contributed by atoms with E-state index >= 15 is 0 Å². The Balaban J connectivity index is 1.62. The molecule has 2 saturated heterocycles. The highest BCUT2D eigenvalue weighted by Gasteiger charge is 2.33. The predicted molar refractivity (Wildman–Crippen MR) is 99.8 cm³/mol. The van der Waals surface area contributed by atoms with E-state index in [2.05, 4.69) is 4.90 Å². The summed E-state index contributed by atoms with van der Waals surface area (Å²) < 4.78 is 32.8. The molecule has 0 radical (unpaired) electrons. The number of ether oxygens (including phenoxy) is 1. The summed E-state index contributed by atoms with van der Waals surface area (Å²) >= 11 is 0. The summed E-state index contributed by atoms with van der Waals surface area (Å²) in [4.78, 5) is 14.2. The van der Waals surface area contributed by atoms with Crippen LogP contribution in [0.15, 0.2) is 29.2 Å². The lowest BCUT2D eigenvalue weighted by Gasteiger charge is -2.41. The van der Waals surface area contributed by atoms with Crippen molar-refractivity contribution in [2.75, 3.05) is 33.3 Å². The summed E-state index contributed by atoms with van der Waals surface area (Å²) in [6, 6.07) is 6.79. The van der Waals surface area contributed by atoms with Crippen LogP contribution in [0.25, 0.3) is 0 Å². The SMILES string of the molecule is COC1CCN(C2CCN(S(=O)(=O)c3cccc(C(C)=O)c3)CC2)CC1. The van der Waals surface area contributed by atoms with Crippen molar-refractivity contribution in [3.8, 4) is 0 Å². The van der Waals surface area contributed by atoms with E-state index in [0.717, 1.165) is 38.8 Å². The van der Waals surface area contributed by atoms with E-state index in [1.54, 1.807) is 29.6 Å². The van der Waals surface area contributed by atoms with Gasteiger partial charge in [0.25, 0.3) is 0 Å². The monoisotopic (exact) mass is 380 g/mol. The van der Waals surface area contributed by atoms with Crippen LogP contribution in [0.2, 0.25) is 0 Å². The van der Waals surface area contributed by atoms with Crippen LogP contribution in [0.1, 0.15) is 43.0 Å². The van der Waals surface area contributed by atoms with Crippen LogP contribution in [-0.2, 0) is 14.8 Å². The van der Waals surface area contributed by atoms with Gasteiger partial charge in [-0.15, -0.1) is 0 Å². The maximum Gasteiger partial charge on any atom is 0.243 e. The van der Waals surface area contributed by atoms with Crippen LogP contribution in [0, 0.1) is 0 Å². The van der Waals surface area contributed by atoms with Crippen molar-refractivity contribution in [2.45, 2.75) is 49.6 Å². The highest BCUT2D eigenvalue weighted by atomic mass is 32.2. The minimum Gasteiger partial charge on any atom is -0.381 e. The Hall–Kier alpha value is -1.28. The molecule has 2 aliphatic rings. The fraction of sp³-hybridized carbons (Fsp3) is 0.632. The minimum absolute atomic E-state index is 0.125. The van der Waals surface area contributed by atoms with Crippen LogP contribution in [0.3, 0.4) is 0 Å². The maximum absolute atomic E-state index is 12.9. The molecule has 3 rings (SSSR count). The van der Waals surface area contributed by atoms with Gasteiger partial charge in [0, 0.05) is 44.9 Å². The normalized spacial score (nSPS) is 21.8. The lowest BCUT2D eigenvalue weighted by Crippen LogP contribution is -2.49. The highest BCUT2D eigenvalue weighted by molar-refractivity contribution is 7.89. The number of rotatable bonds is 5. The molecule has 0 bridgehead atoms. The van der Waals surface area contributed by atoms with Gasteiger partial charge < -0.3 is 9.64 Å². The summed E-state index contributed by atoms with van der Waals surface area (Å²) in [6.45, 7) is 4.56. The molecule has 144 valence electrons. The third kappa shape index (κ3) is 4.17. The average Bonchev–Trinajstić information content (AvgIpc) is 2.68. The van der Waals surface area contributed by atoms with Gasteiger partial charge in [0.15, 0.2) is 5.78 Å². The van der Waals surface area contributed by atoms with Gasteiger partial charge in [-0.25, -0.2) is 8.42 Å². The molecule has 0 aliphatic carbocycles. The third-order valence-corrected chi connectivity index (χ3v) is 7.52. The number of likely N-dealkylation sites (tertiary alicyclic amines) is 1. The maximum atomic E-state index is 12.9. The number of piperidine rings is 2. The number of Topliss-reactive ketones (excluding diaryl/α,β-unsaturated/α-hetero) is 1. The number of hydrogen-bond acceptors (Lipinski definition) is 5. The lowest BCUT2D eigenvalue weighted by atomic mass is 10.00. The van der Waals surface area contributed by atoms with E-state index in [-0.39, 0.29) is 10.7 Å². The number of carbonyl (C=O) groups excluding carboxylic acids is 1. The van der Waals surface area contributed by atoms with Gasteiger partial charge >= 0.3 is 0 Å². The third-order valence-electron chi connectivity index (χ3n) is 5.63. The van der Waals surface area contributed by atoms with Gasteiger partial charge in [-0.1, -0.05) is 12.1 Å². The number of sulfonamides is 1. The molecular formula is C19H28N2O4S.